The van der Waals surface area contributed by atoms with Crippen molar-refractivity contribution in [1.29, 1.82) is 0 Å². The first-order valence-electron chi connectivity index (χ1n) is 10.8. The van der Waals surface area contributed by atoms with E-state index in [-0.39, 0.29) is 6.03 Å². The van der Waals surface area contributed by atoms with Gasteiger partial charge in [0.2, 0.25) is 5.95 Å². The molecule has 1 saturated heterocycles. The van der Waals surface area contributed by atoms with Gasteiger partial charge in [-0.25, -0.2) is 23.2 Å². The Kier molecular flexibility index (Phi) is 5.90. The Morgan fingerprint density at radius 2 is 2.00 bits per heavy atom. The Hall–Kier alpha value is -3.18. The summed E-state index contributed by atoms with van der Waals surface area (Å²) in [4.78, 5) is 22.9. The molecule has 33 heavy (non-hydrogen) atoms. The fourth-order valence-corrected chi connectivity index (χ4v) is 6.99. The first kappa shape index (κ1) is 21.7. The number of carbonyl (C=O) groups excluding carboxylic acids is 1. The number of aromatic nitrogens is 2. The number of rotatable bonds is 7. The highest BCUT2D eigenvalue weighted by Gasteiger charge is 2.30. The van der Waals surface area contributed by atoms with Crippen molar-refractivity contribution < 1.29 is 13.2 Å². The van der Waals surface area contributed by atoms with Crippen molar-refractivity contribution in [2.75, 3.05) is 42.3 Å². The van der Waals surface area contributed by atoms with E-state index in [1.165, 1.54) is 15.6 Å². The Bertz CT molecular complexity index is 1280. The average molecular weight is 485 g/mol. The summed E-state index contributed by atoms with van der Waals surface area (Å²) in [5.74, 6) is 0.440. The van der Waals surface area contributed by atoms with Gasteiger partial charge in [-0.2, -0.15) is 0 Å². The molecule has 11 heteroatoms. The number of aryl methyl sites for hydroxylation is 1. The summed E-state index contributed by atoms with van der Waals surface area (Å²) >= 11 is 1.21. The van der Waals surface area contributed by atoms with Gasteiger partial charge in [0, 0.05) is 38.9 Å². The van der Waals surface area contributed by atoms with Gasteiger partial charge in [-0.15, -0.1) is 11.3 Å². The van der Waals surface area contributed by atoms with E-state index in [9.17, 15) is 13.2 Å². The lowest BCUT2D eigenvalue weighted by Gasteiger charge is -2.29. The number of sulfonamides is 1. The molecule has 0 bridgehead atoms. The molecule has 2 aliphatic rings. The molecule has 2 amide bonds. The van der Waals surface area contributed by atoms with E-state index in [4.69, 9.17) is 0 Å². The fraction of sp³-hybridized carbons (Fsp3) is 0.318. The van der Waals surface area contributed by atoms with Crippen LogP contribution in [0.3, 0.4) is 0 Å². The molecule has 3 aromatic rings. The molecule has 0 spiro atoms. The topological polar surface area (TPSA) is 108 Å². The van der Waals surface area contributed by atoms with Crippen LogP contribution in [0.15, 0.2) is 52.9 Å². The number of fused-ring (bicyclic) bond motifs is 1. The van der Waals surface area contributed by atoms with Crippen LogP contribution >= 0.6 is 11.3 Å². The first-order valence-corrected chi connectivity index (χ1v) is 13.1. The normalized spacial score (nSPS) is 15.9. The number of benzene rings is 1. The summed E-state index contributed by atoms with van der Waals surface area (Å²) in [6.07, 6.45) is 3.33. The minimum atomic E-state index is -3.65. The standard InChI is InChI=1S/C22H24N6O3S2/c29-22-25-12-15-27(22)14-11-24-21-23-10-9-17(26-21)19-7-8-20(32-19)33(30,31)28-13-3-5-16-4-1-2-6-18(16)28/h1-2,4,6-10H,3,5,11-15H2,(H,25,29)(H,23,24,26). The van der Waals surface area contributed by atoms with Crippen LogP contribution in [0, 0.1) is 0 Å². The lowest BCUT2D eigenvalue weighted by molar-refractivity contribution is 0.219. The van der Waals surface area contributed by atoms with E-state index in [0.717, 1.165) is 29.0 Å². The molecule has 0 saturated carbocycles. The number of amides is 2. The van der Waals surface area contributed by atoms with Crippen LogP contribution in [0.4, 0.5) is 16.4 Å². The molecule has 5 rings (SSSR count). The van der Waals surface area contributed by atoms with E-state index in [0.29, 0.717) is 48.6 Å². The molecule has 1 fully saturated rings. The fourth-order valence-electron chi connectivity index (χ4n) is 4.06. The minimum Gasteiger partial charge on any atom is -0.352 e. The van der Waals surface area contributed by atoms with Crippen LogP contribution in [0.2, 0.25) is 0 Å². The largest absolute Gasteiger partial charge is 0.352 e. The van der Waals surface area contributed by atoms with Gasteiger partial charge >= 0.3 is 6.03 Å². The van der Waals surface area contributed by atoms with Crippen molar-refractivity contribution in [2.24, 2.45) is 0 Å². The van der Waals surface area contributed by atoms with Gasteiger partial charge in [-0.1, -0.05) is 18.2 Å². The zero-order valence-electron chi connectivity index (χ0n) is 17.9. The Morgan fingerprint density at radius 1 is 1.12 bits per heavy atom. The van der Waals surface area contributed by atoms with Crippen LogP contribution in [0.5, 0.6) is 0 Å². The van der Waals surface area contributed by atoms with Crippen molar-refractivity contribution >= 4 is 39.0 Å². The highest BCUT2D eigenvalue weighted by molar-refractivity contribution is 7.94. The van der Waals surface area contributed by atoms with Crippen LogP contribution in [-0.2, 0) is 16.4 Å². The molecule has 9 nitrogen and oxygen atoms in total. The molecule has 2 aliphatic heterocycles. The molecule has 2 N–H and O–H groups in total. The van der Waals surface area contributed by atoms with E-state index in [1.807, 2.05) is 24.3 Å². The molecular weight excluding hydrogens is 460 g/mol. The van der Waals surface area contributed by atoms with E-state index < -0.39 is 10.0 Å². The number of anilines is 2. The molecule has 172 valence electrons. The maximum absolute atomic E-state index is 13.4. The van der Waals surface area contributed by atoms with E-state index in [2.05, 4.69) is 20.6 Å². The van der Waals surface area contributed by atoms with Gasteiger partial charge in [-0.05, 0) is 42.7 Å². The molecule has 0 atom stereocenters. The van der Waals surface area contributed by atoms with Gasteiger partial charge in [0.25, 0.3) is 10.0 Å². The van der Waals surface area contributed by atoms with Crippen LogP contribution in [-0.4, -0.2) is 62.0 Å². The minimum absolute atomic E-state index is 0.0601. The molecule has 2 aromatic heterocycles. The van der Waals surface area contributed by atoms with Crippen LogP contribution in [0.1, 0.15) is 12.0 Å². The molecule has 4 heterocycles. The van der Waals surface area contributed by atoms with Crippen LogP contribution in [0.25, 0.3) is 10.6 Å². The first-order chi connectivity index (χ1) is 16.0. The van der Waals surface area contributed by atoms with Crippen molar-refractivity contribution in [1.82, 2.24) is 20.2 Å². The van der Waals surface area contributed by atoms with Crippen molar-refractivity contribution in [3.05, 3.63) is 54.2 Å². The Balaban J connectivity index is 1.32. The lowest BCUT2D eigenvalue weighted by atomic mass is 10.0. The van der Waals surface area contributed by atoms with Crippen LogP contribution < -0.4 is 14.9 Å². The van der Waals surface area contributed by atoms with Crippen molar-refractivity contribution in [2.45, 2.75) is 17.1 Å². The third-order valence-electron chi connectivity index (χ3n) is 5.71. The average Bonchev–Trinajstić information content (AvgIpc) is 3.49. The van der Waals surface area contributed by atoms with E-state index in [1.54, 1.807) is 29.3 Å². The molecular formula is C22H24N6O3S2. The summed E-state index contributed by atoms with van der Waals surface area (Å²) in [5.41, 5.74) is 2.47. The van der Waals surface area contributed by atoms with E-state index >= 15 is 0 Å². The SMILES string of the molecule is O=C1NCCN1CCNc1nccc(-c2ccc(S(=O)(=O)N3CCCc4ccccc43)s2)n1. The monoisotopic (exact) mass is 484 g/mol. The van der Waals surface area contributed by atoms with Gasteiger partial charge in [0.1, 0.15) is 4.21 Å². The Morgan fingerprint density at radius 3 is 2.85 bits per heavy atom. The van der Waals surface area contributed by atoms with Crippen molar-refractivity contribution in [3.63, 3.8) is 0 Å². The second-order valence-corrected chi connectivity index (χ2v) is 11.0. The van der Waals surface area contributed by atoms with Gasteiger partial charge in [0.15, 0.2) is 0 Å². The third-order valence-corrected chi connectivity index (χ3v) is 9.10. The number of nitrogens with one attached hydrogen (secondary N) is 2. The number of carbonyl (C=O) groups is 1. The number of thiophene rings is 1. The number of hydrogen-bond donors (Lipinski definition) is 2. The number of para-hydroxylation sites is 1. The number of hydrogen-bond acceptors (Lipinski definition) is 7. The summed E-state index contributed by atoms with van der Waals surface area (Å²) in [6.45, 7) is 2.91. The Labute approximate surface area is 196 Å². The predicted octanol–water partition coefficient (Wildman–Crippen LogP) is 2.78. The zero-order chi connectivity index (χ0) is 22.8. The number of urea groups is 1. The quantitative estimate of drug-likeness (QED) is 0.534. The smallest absolute Gasteiger partial charge is 0.317 e. The second kappa shape index (κ2) is 8.99. The molecule has 0 aliphatic carbocycles. The summed E-state index contributed by atoms with van der Waals surface area (Å²) in [6, 6.07) is 12.8. The third kappa shape index (κ3) is 4.38. The highest BCUT2D eigenvalue weighted by Crippen LogP contribution is 2.36. The molecule has 0 radical (unpaired) electrons. The maximum atomic E-state index is 13.4. The maximum Gasteiger partial charge on any atom is 0.317 e. The summed E-state index contributed by atoms with van der Waals surface area (Å²) in [7, 11) is -3.65. The van der Waals surface area contributed by atoms with Crippen molar-refractivity contribution in [3.8, 4) is 10.6 Å². The summed E-state index contributed by atoms with van der Waals surface area (Å²) in [5, 5.41) is 5.91. The van der Waals surface area contributed by atoms with Gasteiger partial charge in [0.05, 0.1) is 16.3 Å². The second-order valence-electron chi connectivity index (χ2n) is 7.84. The lowest BCUT2D eigenvalue weighted by Crippen LogP contribution is -2.35. The summed E-state index contributed by atoms with van der Waals surface area (Å²) < 4.78 is 28.6. The van der Waals surface area contributed by atoms with Gasteiger partial charge in [-0.3, -0.25) is 4.31 Å². The van der Waals surface area contributed by atoms with Gasteiger partial charge < -0.3 is 15.5 Å². The predicted molar refractivity (Wildman–Crippen MR) is 128 cm³/mol. The molecule has 0 unspecified atom stereocenters. The molecule has 1 aromatic carbocycles. The highest BCUT2D eigenvalue weighted by atomic mass is 32.2. The number of nitrogens with zero attached hydrogens (tertiary/aromatic N) is 4. The zero-order valence-corrected chi connectivity index (χ0v) is 19.5.